The summed E-state index contributed by atoms with van der Waals surface area (Å²) in [4.78, 5) is 40.0. The van der Waals surface area contributed by atoms with Gasteiger partial charge >= 0.3 is 5.97 Å². The van der Waals surface area contributed by atoms with Gasteiger partial charge in [0.05, 0.1) is 22.8 Å². The molecule has 0 fully saturated rings. The maximum Gasteiger partial charge on any atom is 0.344 e. The quantitative estimate of drug-likeness (QED) is 0.138. The van der Waals surface area contributed by atoms with Crippen LogP contribution in [0.5, 0.6) is 5.75 Å². The van der Waals surface area contributed by atoms with Crippen molar-refractivity contribution in [3.05, 3.63) is 130 Å². The summed E-state index contributed by atoms with van der Waals surface area (Å²) in [6.45, 7) is 3.67. The van der Waals surface area contributed by atoms with E-state index in [9.17, 15) is 19.6 Å². The van der Waals surface area contributed by atoms with E-state index in [0.717, 1.165) is 11.1 Å². The Hall–Kier alpha value is -5.26. The molecule has 41 heavy (non-hydrogen) atoms. The van der Waals surface area contributed by atoms with Gasteiger partial charge in [-0.05, 0) is 41.3 Å². The van der Waals surface area contributed by atoms with Crippen molar-refractivity contribution in [2.45, 2.75) is 26.4 Å². The van der Waals surface area contributed by atoms with Gasteiger partial charge in [-0.3, -0.25) is 9.59 Å². The van der Waals surface area contributed by atoms with Gasteiger partial charge in [-0.15, -0.1) is 0 Å². The first-order chi connectivity index (χ1) is 19.3. The van der Waals surface area contributed by atoms with Crippen LogP contribution in [0, 0.1) is 11.3 Å². The average Bonchev–Trinajstić information content (AvgIpc) is 2.99. The van der Waals surface area contributed by atoms with Crippen LogP contribution < -0.4 is 16.6 Å². The zero-order valence-corrected chi connectivity index (χ0v) is 22.9. The van der Waals surface area contributed by atoms with Crippen molar-refractivity contribution in [3.8, 4) is 11.8 Å². The maximum atomic E-state index is 13.8. The largest absolute Gasteiger partial charge is 0.481 e. The van der Waals surface area contributed by atoms with E-state index < -0.39 is 24.1 Å². The molecule has 208 valence electrons. The van der Waals surface area contributed by atoms with Gasteiger partial charge in [0.25, 0.3) is 0 Å². The molecule has 0 saturated carbocycles. The van der Waals surface area contributed by atoms with Gasteiger partial charge in [0.1, 0.15) is 12.4 Å². The van der Waals surface area contributed by atoms with Crippen LogP contribution in [-0.4, -0.2) is 24.1 Å². The molecule has 4 rings (SSSR count). The van der Waals surface area contributed by atoms with Gasteiger partial charge in [-0.1, -0.05) is 80.6 Å². The normalized spacial score (nSPS) is 10.3. The summed E-state index contributed by atoms with van der Waals surface area (Å²) < 4.78 is 11.0. The minimum Gasteiger partial charge on any atom is -0.481 e. The zero-order valence-electron chi connectivity index (χ0n) is 22.9. The predicted octanol–water partition coefficient (Wildman–Crippen LogP) is 6.01. The molecule has 8 nitrogen and oxygen atoms in total. The fourth-order valence-electron chi connectivity index (χ4n) is 4.14. The number of carbonyl (C=O) groups excluding carboxylic acids is 3. The number of nitriles is 1. The highest BCUT2D eigenvalue weighted by atomic mass is 16.6. The topological polar surface area (TPSA) is 154 Å². The number of nitrogens with two attached hydrogens (primary N) is 1. The lowest BCUT2D eigenvalue weighted by molar-refractivity contribution is -0.147. The molecule has 0 bridgehead atoms. The second-order valence-electron chi connectivity index (χ2n) is 9.47. The fraction of sp³-hybridized carbons (Fsp3) is 0.152. The first-order valence-electron chi connectivity index (χ1n) is 12.7. The number of hydrogen-bond donors (Lipinski definition) is 2. The molecule has 0 aliphatic heterocycles. The number of rotatable bonds is 10. The molecule has 0 saturated heterocycles. The van der Waals surface area contributed by atoms with Crippen LogP contribution in [-0.2, 0) is 16.1 Å². The van der Waals surface area contributed by atoms with Crippen LogP contribution in [0.2, 0.25) is 0 Å². The van der Waals surface area contributed by atoms with Crippen LogP contribution in [0.4, 0.5) is 5.69 Å². The lowest BCUT2D eigenvalue weighted by Crippen LogP contribution is -2.19. The highest BCUT2D eigenvalue weighted by molar-refractivity contribution is 6.23. The van der Waals surface area contributed by atoms with Gasteiger partial charge in [-0.2, -0.15) is 5.26 Å². The molecule has 0 aromatic heterocycles. The molecule has 0 unspecified atom stereocenters. The number of nitrogens with zero attached hydrogens (tertiary/aromatic N) is 1. The van der Waals surface area contributed by atoms with Crippen LogP contribution in [0.15, 0.2) is 91.0 Å². The van der Waals surface area contributed by atoms with Crippen LogP contribution in [0.25, 0.3) is 0 Å². The van der Waals surface area contributed by atoms with Gasteiger partial charge in [0.2, 0.25) is 0 Å². The first-order valence-corrected chi connectivity index (χ1v) is 12.7. The third kappa shape index (κ3) is 7.24. The SMILES string of the molecule is CC(C)c1ccc(C(=O)c2c(N)ccc(OCC(=O)OCc3ccccc3)c2C(=O)c2cccc(C#N)c2)cc1.N. The molecular formula is C33H31N3O5. The molecule has 4 aromatic rings. The molecule has 4 aromatic carbocycles. The molecule has 8 heteroatoms. The Bertz CT molecular complexity index is 1590. The lowest BCUT2D eigenvalue weighted by atomic mass is 9.90. The Morgan fingerprint density at radius 3 is 2.17 bits per heavy atom. The molecule has 0 heterocycles. The monoisotopic (exact) mass is 549 g/mol. The molecule has 0 aliphatic carbocycles. The molecular weight excluding hydrogens is 518 g/mol. The third-order valence-corrected chi connectivity index (χ3v) is 6.34. The van der Waals surface area contributed by atoms with E-state index in [-0.39, 0.29) is 52.4 Å². The Kier molecular flexibility index (Phi) is 10.1. The Labute approximate surface area is 238 Å². The number of carbonyl (C=O) groups is 3. The maximum absolute atomic E-state index is 13.8. The second kappa shape index (κ2) is 13.7. The van der Waals surface area contributed by atoms with Gasteiger partial charge < -0.3 is 21.4 Å². The van der Waals surface area contributed by atoms with Crippen LogP contribution in [0.3, 0.4) is 0 Å². The standard InChI is InChI=1S/C33H28N2O5.H3N/c1-21(2)24-11-13-25(14-12-24)32(37)30-27(35)15-16-28(31(30)33(38)26-10-6-9-23(17-26)18-34)39-20-29(36)40-19-22-7-4-3-5-8-22;/h3-17,21H,19-20,35H2,1-2H3;1H3. The third-order valence-electron chi connectivity index (χ3n) is 6.34. The second-order valence-corrected chi connectivity index (χ2v) is 9.47. The van der Waals surface area contributed by atoms with E-state index in [1.807, 2.05) is 62.4 Å². The van der Waals surface area contributed by atoms with Crippen LogP contribution >= 0.6 is 0 Å². The highest BCUT2D eigenvalue weighted by Gasteiger charge is 2.27. The van der Waals surface area contributed by atoms with E-state index >= 15 is 0 Å². The van der Waals surface area contributed by atoms with E-state index in [1.54, 1.807) is 24.3 Å². The molecule has 5 N–H and O–H groups in total. The molecule has 0 amide bonds. The van der Waals surface area contributed by atoms with Crippen molar-refractivity contribution in [3.63, 3.8) is 0 Å². The number of anilines is 1. The first kappa shape index (κ1) is 30.3. The van der Waals surface area contributed by atoms with Crippen molar-refractivity contribution >= 4 is 23.2 Å². The summed E-state index contributed by atoms with van der Waals surface area (Å²) >= 11 is 0. The smallest absolute Gasteiger partial charge is 0.344 e. The highest BCUT2D eigenvalue weighted by Crippen LogP contribution is 2.32. The number of benzene rings is 4. The Morgan fingerprint density at radius 1 is 0.829 bits per heavy atom. The van der Waals surface area contributed by atoms with Gasteiger partial charge in [-0.25, -0.2) is 4.79 Å². The summed E-state index contributed by atoms with van der Waals surface area (Å²) in [5, 5.41) is 9.33. The predicted molar refractivity (Wildman–Crippen MR) is 156 cm³/mol. The van der Waals surface area contributed by atoms with Gasteiger partial charge in [0.15, 0.2) is 18.2 Å². The van der Waals surface area contributed by atoms with Crippen molar-refractivity contribution in [1.29, 1.82) is 5.26 Å². The minimum absolute atomic E-state index is 0. The van der Waals surface area contributed by atoms with E-state index in [2.05, 4.69) is 0 Å². The van der Waals surface area contributed by atoms with E-state index in [1.165, 1.54) is 24.3 Å². The summed E-state index contributed by atoms with van der Waals surface area (Å²) in [6.07, 6.45) is 0. The summed E-state index contributed by atoms with van der Waals surface area (Å²) in [5.41, 5.74) is 8.88. The number of nitrogen functional groups attached to an aromatic ring is 1. The molecule has 0 radical (unpaired) electrons. The lowest BCUT2D eigenvalue weighted by Gasteiger charge is -2.17. The van der Waals surface area contributed by atoms with Gasteiger partial charge in [0, 0.05) is 16.8 Å². The number of hydrogen-bond acceptors (Lipinski definition) is 8. The van der Waals surface area contributed by atoms with Crippen molar-refractivity contribution in [2.24, 2.45) is 0 Å². The van der Waals surface area contributed by atoms with E-state index in [0.29, 0.717) is 5.56 Å². The summed E-state index contributed by atoms with van der Waals surface area (Å²) in [5.74, 6) is -1.41. The van der Waals surface area contributed by atoms with E-state index in [4.69, 9.17) is 15.2 Å². The Morgan fingerprint density at radius 2 is 1.51 bits per heavy atom. The number of esters is 1. The molecule has 0 spiro atoms. The van der Waals surface area contributed by atoms with Crippen molar-refractivity contribution in [2.75, 3.05) is 12.3 Å². The number of ether oxygens (including phenoxy) is 2. The minimum atomic E-state index is -0.650. The summed E-state index contributed by atoms with van der Waals surface area (Å²) in [7, 11) is 0. The number of ketones is 2. The average molecular weight is 550 g/mol. The fourth-order valence-corrected chi connectivity index (χ4v) is 4.14. The van der Waals surface area contributed by atoms with Crippen molar-refractivity contribution in [1.82, 2.24) is 6.15 Å². The Balaban J connectivity index is 0.00000462. The molecule has 0 atom stereocenters. The summed E-state index contributed by atoms with van der Waals surface area (Å²) in [6, 6.07) is 27.3. The molecule has 0 aliphatic rings. The van der Waals surface area contributed by atoms with Crippen molar-refractivity contribution < 1.29 is 23.9 Å². The van der Waals surface area contributed by atoms with Crippen LogP contribution in [0.1, 0.15) is 68.3 Å². The zero-order chi connectivity index (χ0) is 28.6.